The van der Waals surface area contributed by atoms with E-state index in [9.17, 15) is 9.59 Å². The molecule has 156 valence electrons. The van der Waals surface area contributed by atoms with E-state index in [1.54, 1.807) is 0 Å². The molecule has 1 N–H and O–H groups in total. The van der Waals surface area contributed by atoms with Crippen molar-refractivity contribution in [1.29, 1.82) is 0 Å². The second-order valence-electron chi connectivity index (χ2n) is 8.37. The SMILES string of the molecule is Cc1ccc(NC(=O)Cn2nc(N3CCC(C)CC3)c3ccccc3c2=O)c(C)c1. The smallest absolute Gasteiger partial charge is 0.275 e. The molecule has 0 spiro atoms. The van der Waals surface area contributed by atoms with Crippen LogP contribution in [0.25, 0.3) is 10.8 Å². The van der Waals surface area contributed by atoms with Crippen molar-refractivity contribution in [3.05, 3.63) is 63.9 Å². The fourth-order valence-corrected chi connectivity index (χ4v) is 4.06. The van der Waals surface area contributed by atoms with Crippen LogP contribution in [0.1, 0.15) is 30.9 Å². The number of nitrogens with one attached hydrogen (secondary N) is 1. The van der Waals surface area contributed by atoms with Crippen molar-refractivity contribution < 1.29 is 4.79 Å². The van der Waals surface area contributed by atoms with E-state index in [1.807, 2.05) is 56.3 Å². The van der Waals surface area contributed by atoms with Gasteiger partial charge in [-0.05, 0) is 50.3 Å². The van der Waals surface area contributed by atoms with Crippen molar-refractivity contribution >= 4 is 28.2 Å². The Bertz CT molecular complexity index is 1140. The van der Waals surface area contributed by atoms with E-state index in [0.717, 1.165) is 53.9 Å². The number of aromatic nitrogens is 2. The second-order valence-corrected chi connectivity index (χ2v) is 8.37. The van der Waals surface area contributed by atoms with Crippen LogP contribution in [0.2, 0.25) is 0 Å². The topological polar surface area (TPSA) is 67.2 Å². The lowest BCUT2D eigenvalue weighted by molar-refractivity contribution is -0.117. The Balaban J connectivity index is 1.66. The van der Waals surface area contributed by atoms with E-state index in [4.69, 9.17) is 0 Å². The fourth-order valence-electron chi connectivity index (χ4n) is 4.06. The Labute approximate surface area is 176 Å². The van der Waals surface area contributed by atoms with Crippen LogP contribution in [0.4, 0.5) is 11.5 Å². The summed E-state index contributed by atoms with van der Waals surface area (Å²) in [4.78, 5) is 28.0. The number of nitrogens with zero attached hydrogens (tertiary/aromatic N) is 3. The summed E-state index contributed by atoms with van der Waals surface area (Å²) in [5, 5.41) is 9.00. The van der Waals surface area contributed by atoms with E-state index in [-0.39, 0.29) is 18.0 Å². The summed E-state index contributed by atoms with van der Waals surface area (Å²) in [6.07, 6.45) is 2.20. The molecule has 0 unspecified atom stereocenters. The molecule has 1 fully saturated rings. The first-order valence-corrected chi connectivity index (χ1v) is 10.5. The van der Waals surface area contributed by atoms with E-state index in [2.05, 4.69) is 22.2 Å². The minimum absolute atomic E-state index is 0.117. The molecular formula is C24H28N4O2. The van der Waals surface area contributed by atoms with E-state index >= 15 is 0 Å². The molecule has 0 saturated carbocycles. The Morgan fingerprint density at radius 3 is 2.50 bits per heavy atom. The summed E-state index contributed by atoms with van der Waals surface area (Å²) in [6.45, 7) is 7.93. The first-order valence-electron chi connectivity index (χ1n) is 10.5. The summed E-state index contributed by atoms with van der Waals surface area (Å²) >= 11 is 0. The van der Waals surface area contributed by atoms with Crippen LogP contribution in [-0.4, -0.2) is 28.8 Å². The zero-order chi connectivity index (χ0) is 21.3. The van der Waals surface area contributed by atoms with Gasteiger partial charge in [0.2, 0.25) is 5.91 Å². The number of fused-ring (bicyclic) bond motifs is 1. The fraction of sp³-hybridized carbons (Fsp3) is 0.375. The zero-order valence-electron chi connectivity index (χ0n) is 17.8. The van der Waals surface area contributed by atoms with Gasteiger partial charge < -0.3 is 10.2 Å². The van der Waals surface area contributed by atoms with Gasteiger partial charge in [-0.15, -0.1) is 0 Å². The Morgan fingerprint density at radius 1 is 1.10 bits per heavy atom. The van der Waals surface area contributed by atoms with Crippen LogP contribution in [0.15, 0.2) is 47.3 Å². The summed E-state index contributed by atoms with van der Waals surface area (Å²) in [5.74, 6) is 1.23. The minimum atomic E-state index is -0.259. The summed E-state index contributed by atoms with van der Waals surface area (Å²) in [6, 6.07) is 13.4. The highest BCUT2D eigenvalue weighted by Crippen LogP contribution is 2.26. The maximum Gasteiger partial charge on any atom is 0.275 e. The van der Waals surface area contributed by atoms with Gasteiger partial charge in [0, 0.05) is 24.2 Å². The van der Waals surface area contributed by atoms with Gasteiger partial charge in [-0.25, -0.2) is 4.68 Å². The van der Waals surface area contributed by atoms with Crippen molar-refractivity contribution in [3.8, 4) is 0 Å². The molecule has 6 nitrogen and oxygen atoms in total. The lowest BCUT2D eigenvalue weighted by Crippen LogP contribution is -2.37. The van der Waals surface area contributed by atoms with Crippen LogP contribution in [0.5, 0.6) is 0 Å². The van der Waals surface area contributed by atoms with Gasteiger partial charge in [-0.2, -0.15) is 5.10 Å². The van der Waals surface area contributed by atoms with Crippen molar-refractivity contribution in [1.82, 2.24) is 9.78 Å². The molecule has 2 aromatic carbocycles. The molecule has 3 aromatic rings. The largest absolute Gasteiger partial charge is 0.355 e. The second kappa shape index (κ2) is 8.30. The number of anilines is 2. The molecule has 1 saturated heterocycles. The van der Waals surface area contributed by atoms with E-state index < -0.39 is 0 Å². The normalized spacial score (nSPS) is 14.8. The minimum Gasteiger partial charge on any atom is -0.355 e. The van der Waals surface area contributed by atoms with Gasteiger partial charge in [-0.3, -0.25) is 9.59 Å². The van der Waals surface area contributed by atoms with Gasteiger partial charge in [0.25, 0.3) is 5.56 Å². The summed E-state index contributed by atoms with van der Waals surface area (Å²) in [7, 11) is 0. The maximum atomic E-state index is 13.0. The Morgan fingerprint density at radius 2 is 1.80 bits per heavy atom. The molecule has 1 aliphatic heterocycles. The third-order valence-corrected chi connectivity index (χ3v) is 5.88. The van der Waals surface area contributed by atoms with Crippen LogP contribution in [0.3, 0.4) is 0 Å². The van der Waals surface area contributed by atoms with E-state index in [1.165, 1.54) is 4.68 Å². The molecule has 1 aromatic heterocycles. The highest BCUT2D eigenvalue weighted by molar-refractivity contribution is 5.93. The molecule has 0 radical (unpaired) electrons. The maximum absolute atomic E-state index is 13.0. The highest BCUT2D eigenvalue weighted by Gasteiger charge is 2.21. The zero-order valence-corrected chi connectivity index (χ0v) is 17.8. The van der Waals surface area contributed by atoms with Crippen LogP contribution < -0.4 is 15.8 Å². The predicted octanol–water partition coefficient (Wildman–Crippen LogP) is 3.89. The first-order chi connectivity index (χ1) is 14.4. The number of amides is 1. The van der Waals surface area contributed by atoms with Gasteiger partial charge in [-0.1, -0.05) is 42.8 Å². The molecule has 0 atom stereocenters. The third kappa shape index (κ3) is 4.08. The molecule has 0 aliphatic carbocycles. The van der Waals surface area contributed by atoms with Gasteiger partial charge in [0.1, 0.15) is 6.54 Å². The number of hydrogen-bond acceptors (Lipinski definition) is 4. The number of aryl methyl sites for hydroxylation is 2. The van der Waals surface area contributed by atoms with Gasteiger partial charge >= 0.3 is 0 Å². The van der Waals surface area contributed by atoms with Gasteiger partial charge in [0.05, 0.1) is 5.39 Å². The van der Waals surface area contributed by atoms with E-state index in [0.29, 0.717) is 11.3 Å². The standard InChI is InChI=1S/C24H28N4O2/c1-16-10-12-27(13-11-16)23-19-6-4-5-7-20(19)24(30)28(26-23)15-22(29)25-21-9-8-17(2)14-18(21)3/h4-9,14,16H,10-13,15H2,1-3H3,(H,25,29). The van der Waals surface area contributed by atoms with Gasteiger partial charge in [0.15, 0.2) is 5.82 Å². The van der Waals surface area contributed by atoms with Crippen LogP contribution in [-0.2, 0) is 11.3 Å². The Hall–Kier alpha value is -3.15. The molecular weight excluding hydrogens is 376 g/mol. The lowest BCUT2D eigenvalue weighted by atomic mass is 9.99. The number of carbonyl (C=O) groups is 1. The first kappa shape index (κ1) is 20.1. The molecule has 6 heteroatoms. The summed E-state index contributed by atoms with van der Waals surface area (Å²) in [5.41, 5.74) is 2.64. The molecule has 1 aliphatic rings. The average Bonchev–Trinajstić information content (AvgIpc) is 2.73. The van der Waals surface area contributed by atoms with Crippen molar-refractivity contribution in [3.63, 3.8) is 0 Å². The number of carbonyl (C=O) groups excluding carboxylic acids is 1. The molecule has 4 rings (SSSR count). The predicted molar refractivity (Wildman–Crippen MR) is 121 cm³/mol. The highest BCUT2D eigenvalue weighted by atomic mass is 16.2. The molecule has 0 bridgehead atoms. The number of piperidine rings is 1. The van der Waals surface area contributed by atoms with Crippen molar-refractivity contribution in [2.45, 2.75) is 40.2 Å². The quantitative estimate of drug-likeness (QED) is 0.716. The molecule has 30 heavy (non-hydrogen) atoms. The summed E-state index contributed by atoms with van der Waals surface area (Å²) < 4.78 is 1.30. The molecule has 1 amide bonds. The Kier molecular flexibility index (Phi) is 5.57. The lowest BCUT2D eigenvalue weighted by Gasteiger charge is -2.32. The molecule has 2 heterocycles. The average molecular weight is 405 g/mol. The van der Waals surface area contributed by atoms with Crippen LogP contribution in [0, 0.1) is 19.8 Å². The van der Waals surface area contributed by atoms with Crippen LogP contribution >= 0.6 is 0 Å². The van der Waals surface area contributed by atoms with Crippen molar-refractivity contribution in [2.75, 3.05) is 23.3 Å². The third-order valence-electron chi connectivity index (χ3n) is 5.88. The number of rotatable bonds is 4. The number of benzene rings is 2. The van der Waals surface area contributed by atoms with Crippen molar-refractivity contribution in [2.24, 2.45) is 5.92 Å². The number of hydrogen-bond donors (Lipinski definition) is 1. The monoisotopic (exact) mass is 404 g/mol.